The van der Waals surface area contributed by atoms with E-state index < -0.39 is 40.9 Å². The van der Waals surface area contributed by atoms with Gasteiger partial charge in [0.15, 0.2) is 11.5 Å². The van der Waals surface area contributed by atoms with Gasteiger partial charge in [-0.15, -0.1) is 0 Å². The molecule has 0 heterocycles. The second-order valence-corrected chi connectivity index (χ2v) is 11.9. The van der Waals surface area contributed by atoms with Gasteiger partial charge in [0.2, 0.25) is 0 Å². The molecule has 1 aromatic carbocycles. The third-order valence-electron chi connectivity index (χ3n) is 6.65. The van der Waals surface area contributed by atoms with E-state index in [4.69, 9.17) is 19.9 Å². The van der Waals surface area contributed by atoms with E-state index in [0.717, 1.165) is 0 Å². The highest BCUT2D eigenvalue weighted by Gasteiger charge is 2.38. The molecule has 0 aliphatic rings. The molecule has 9 heteroatoms. The summed E-state index contributed by atoms with van der Waals surface area (Å²) in [7, 11) is 0. The molecule has 0 spiro atoms. The third-order valence-corrected chi connectivity index (χ3v) is 6.65. The quantitative estimate of drug-likeness (QED) is 0.203. The summed E-state index contributed by atoms with van der Waals surface area (Å²) in [6.07, 6.45) is 1.19. The first kappa shape index (κ1) is 34.1. The molecular formula is C30H47NO8. The van der Waals surface area contributed by atoms with Crippen LogP contribution >= 0.6 is 0 Å². The van der Waals surface area contributed by atoms with E-state index in [9.17, 15) is 24.3 Å². The smallest absolute Gasteiger partial charge is 0.324 e. The summed E-state index contributed by atoms with van der Waals surface area (Å²) >= 11 is 0. The minimum absolute atomic E-state index is 0.0241. The molecule has 0 aliphatic heterocycles. The van der Waals surface area contributed by atoms with Crippen molar-refractivity contribution in [2.24, 2.45) is 23.0 Å². The number of carbonyl (C=O) groups is 4. The van der Waals surface area contributed by atoms with Crippen molar-refractivity contribution >= 4 is 23.9 Å². The van der Waals surface area contributed by atoms with Crippen LogP contribution in [0.5, 0.6) is 11.5 Å². The van der Waals surface area contributed by atoms with Crippen molar-refractivity contribution in [3.8, 4) is 11.5 Å². The zero-order valence-electron chi connectivity index (χ0n) is 24.8. The number of carboxylic acids is 1. The van der Waals surface area contributed by atoms with Crippen LogP contribution in [0.25, 0.3) is 0 Å². The van der Waals surface area contributed by atoms with E-state index in [1.165, 1.54) is 12.1 Å². The Balaban J connectivity index is 3.19. The lowest BCUT2D eigenvalue weighted by Crippen LogP contribution is -2.52. The summed E-state index contributed by atoms with van der Waals surface area (Å²) in [5, 5.41) is 9.98. The molecule has 0 aromatic heterocycles. The fraction of sp³-hybridized carbons (Fsp3) is 0.667. The highest BCUT2D eigenvalue weighted by Crippen LogP contribution is 2.32. The summed E-state index contributed by atoms with van der Waals surface area (Å²) in [6.45, 7) is 15.0. The normalized spacial score (nSPS) is 14.0. The van der Waals surface area contributed by atoms with Crippen LogP contribution in [0.1, 0.15) is 99.5 Å². The van der Waals surface area contributed by atoms with Gasteiger partial charge in [-0.3, -0.25) is 19.2 Å². The second-order valence-electron chi connectivity index (χ2n) is 11.9. The van der Waals surface area contributed by atoms with Gasteiger partial charge in [-0.2, -0.15) is 0 Å². The molecule has 39 heavy (non-hydrogen) atoms. The van der Waals surface area contributed by atoms with Gasteiger partial charge in [0, 0.05) is 25.7 Å². The predicted octanol–water partition coefficient (Wildman–Crippen LogP) is 5.45. The van der Waals surface area contributed by atoms with Crippen LogP contribution in [0.4, 0.5) is 0 Å². The van der Waals surface area contributed by atoms with Gasteiger partial charge in [-0.05, 0) is 69.6 Å². The van der Waals surface area contributed by atoms with E-state index in [2.05, 4.69) is 0 Å². The van der Waals surface area contributed by atoms with Crippen LogP contribution in [-0.4, -0.2) is 40.6 Å². The summed E-state index contributed by atoms with van der Waals surface area (Å²) < 4.78 is 16.5. The van der Waals surface area contributed by atoms with Crippen LogP contribution in [0.2, 0.25) is 0 Å². The van der Waals surface area contributed by atoms with E-state index in [-0.39, 0.29) is 37.2 Å². The number of nitrogens with two attached hydrogens (primary N) is 1. The molecule has 0 saturated carbocycles. The van der Waals surface area contributed by atoms with Crippen molar-refractivity contribution in [1.82, 2.24) is 0 Å². The minimum Gasteiger partial charge on any atom is -0.480 e. The molecular weight excluding hydrogens is 502 g/mol. The summed E-state index contributed by atoms with van der Waals surface area (Å²) in [5.74, 6) is -1.92. The Labute approximate surface area is 232 Å². The van der Waals surface area contributed by atoms with Crippen LogP contribution < -0.4 is 15.2 Å². The van der Waals surface area contributed by atoms with Crippen LogP contribution in [-0.2, 0) is 30.3 Å². The fourth-order valence-corrected chi connectivity index (χ4v) is 3.63. The standard InChI is InChI=1S/C30H47NO8/c1-9-29(7,8)28(36)37-21(6)17-30(31,27(34)35)18-22-12-13-23(38-25(32)14-10-19(2)3)24(16-22)39-26(33)15-11-20(4)5/h12-13,16,19-21H,9-11,14-15,17-18,31H2,1-8H3,(H,34,35)/t21-,30?/m0/s1. The van der Waals surface area contributed by atoms with Gasteiger partial charge in [0.05, 0.1) is 5.41 Å². The van der Waals surface area contributed by atoms with Crippen LogP contribution in [0.3, 0.4) is 0 Å². The Hall–Kier alpha value is -2.94. The van der Waals surface area contributed by atoms with Crippen LogP contribution in [0.15, 0.2) is 18.2 Å². The zero-order chi connectivity index (χ0) is 30.0. The van der Waals surface area contributed by atoms with Crippen molar-refractivity contribution in [3.05, 3.63) is 23.8 Å². The number of benzene rings is 1. The molecule has 0 fully saturated rings. The SMILES string of the molecule is CCC(C)(C)C(=O)O[C@@H](C)CC(N)(Cc1ccc(OC(=O)CCC(C)C)c(OC(=O)CCC(C)C)c1)C(=O)O. The molecule has 0 amide bonds. The van der Waals surface area contributed by atoms with Crippen molar-refractivity contribution < 1.29 is 38.5 Å². The monoisotopic (exact) mass is 549 g/mol. The number of rotatable bonds is 16. The Kier molecular flexibility index (Phi) is 13.1. The molecule has 1 unspecified atom stereocenters. The predicted molar refractivity (Wildman–Crippen MR) is 148 cm³/mol. The number of aliphatic carboxylic acids is 1. The maximum absolute atomic E-state index is 12.5. The van der Waals surface area contributed by atoms with Crippen molar-refractivity contribution in [3.63, 3.8) is 0 Å². The van der Waals surface area contributed by atoms with Gasteiger partial charge in [-0.1, -0.05) is 40.7 Å². The van der Waals surface area contributed by atoms with Gasteiger partial charge < -0.3 is 25.1 Å². The lowest BCUT2D eigenvalue weighted by molar-refractivity contribution is -0.162. The number of carboxylic acid groups (broad SMARTS) is 1. The minimum atomic E-state index is -1.77. The van der Waals surface area contributed by atoms with Crippen molar-refractivity contribution in [1.29, 1.82) is 0 Å². The molecule has 9 nitrogen and oxygen atoms in total. The lowest BCUT2D eigenvalue weighted by Gasteiger charge is -2.30. The molecule has 1 rings (SSSR count). The zero-order valence-corrected chi connectivity index (χ0v) is 24.8. The van der Waals surface area contributed by atoms with E-state index in [1.807, 2.05) is 34.6 Å². The summed E-state index contributed by atoms with van der Waals surface area (Å²) in [6, 6.07) is 4.53. The first-order chi connectivity index (χ1) is 18.0. The number of esters is 3. The molecule has 0 aliphatic carbocycles. The van der Waals surface area contributed by atoms with E-state index in [1.54, 1.807) is 26.8 Å². The van der Waals surface area contributed by atoms with Gasteiger partial charge in [0.25, 0.3) is 0 Å². The second kappa shape index (κ2) is 15.0. The Morgan fingerprint density at radius 3 is 1.87 bits per heavy atom. The highest BCUT2D eigenvalue weighted by molar-refractivity contribution is 5.80. The molecule has 2 atom stereocenters. The average Bonchev–Trinajstić information content (AvgIpc) is 2.82. The Bertz CT molecular complexity index is 1000. The largest absolute Gasteiger partial charge is 0.480 e. The first-order valence-corrected chi connectivity index (χ1v) is 13.8. The Morgan fingerprint density at radius 2 is 1.41 bits per heavy atom. The maximum atomic E-state index is 12.5. The van der Waals surface area contributed by atoms with E-state index in [0.29, 0.717) is 36.7 Å². The molecule has 3 N–H and O–H groups in total. The van der Waals surface area contributed by atoms with Crippen LogP contribution in [0, 0.1) is 17.3 Å². The average molecular weight is 550 g/mol. The summed E-state index contributed by atoms with van der Waals surface area (Å²) in [4.78, 5) is 49.6. The third kappa shape index (κ3) is 11.8. The molecule has 0 bridgehead atoms. The van der Waals surface area contributed by atoms with Gasteiger partial charge in [0.1, 0.15) is 11.6 Å². The topological polar surface area (TPSA) is 142 Å². The maximum Gasteiger partial charge on any atom is 0.324 e. The van der Waals surface area contributed by atoms with Gasteiger partial charge >= 0.3 is 23.9 Å². The molecule has 0 saturated heterocycles. The molecule has 220 valence electrons. The van der Waals surface area contributed by atoms with Crippen molar-refractivity contribution in [2.75, 3.05) is 0 Å². The highest BCUT2D eigenvalue weighted by atomic mass is 16.6. The number of ether oxygens (including phenoxy) is 3. The van der Waals surface area contributed by atoms with E-state index >= 15 is 0 Å². The molecule has 0 radical (unpaired) electrons. The lowest BCUT2D eigenvalue weighted by atomic mass is 9.86. The van der Waals surface area contributed by atoms with Gasteiger partial charge in [-0.25, -0.2) is 0 Å². The number of carbonyl (C=O) groups excluding carboxylic acids is 3. The summed E-state index contributed by atoms with van der Waals surface area (Å²) in [5.41, 5.74) is 4.31. The molecule has 1 aromatic rings. The fourth-order valence-electron chi connectivity index (χ4n) is 3.63. The first-order valence-electron chi connectivity index (χ1n) is 13.8. The number of hydrogen-bond acceptors (Lipinski definition) is 8. The number of hydrogen-bond donors (Lipinski definition) is 2. The Morgan fingerprint density at radius 1 is 0.897 bits per heavy atom. The van der Waals surface area contributed by atoms with Crippen molar-refractivity contribution in [2.45, 2.75) is 112 Å².